The molecule has 0 aromatic heterocycles. The Labute approximate surface area is 167 Å². The van der Waals surface area contributed by atoms with Crippen LogP contribution in [0, 0.1) is 0 Å². The Hall–Kier alpha value is -2.67. The smallest absolute Gasteiger partial charge is 0.407 e. The summed E-state index contributed by atoms with van der Waals surface area (Å²) in [7, 11) is -3.02. The van der Waals surface area contributed by atoms with Crippen molar-refractivity contribution in [3.63, 3.8) is 0 Å². The standard InChI is InChI=1S/C22H26O5Si/c1-4-24-15-17-26-28(20-11-7-5-8-12-20,21-13-9-6-10-14-21)27-18-16-25-22(23)19(2)3/h4-14H,1-2,15-18H2,3H3. The zero-order valence-corrected chi connectivity index (χ0v) is 17.1. The molecule has 0 amide bonds. The van der Waals surface area contributed by atoms with Crippen LogP contribution in [0.5, 0.6) is 0 Å². The Balaban J connectivity index is 2.26. The molecule has 0 saturated heterocycles. The molecule has 28 heavy (non-hydrogen) atoms. The SMILES string of the molecule is C=COCCO[Si](OCCOC(=O)C(=C)C)(c1ccccc1)c1ccccc1. The average molecular weight is 399 g/mol. The lowest BCUT2D eigenvalue weighted by molar-refractivity contribution is -0.139. The van der Waals surface area contributed by atoms with Gasteiger partial charge in [0, 0.05) is 5.57 Å². The molecule has 2 aromatic carbocycles. The molecular formula is C22H26O5Si. The maximum Gasteiger partial charge on any atom is 0.407 e. The normalized spacial score (nSPS) is 10.9. The second kappa shape index (κ2) is 11.2. The first-order valence-corrected chi connectivity index (χ1v) is 10.9. The van der Waals surface area contributed by atoms with Crippen LogP contribution in [-0.2, 0) is 23.1 Å². The third kappa shape index (κ3) is 5.92. The van der Waals surface area contributed by atoms with Gasteiger partial charge in [0.2, 0.25) is 0 Å². The van der Waals surface area contributed by atoms with Gasteiger partial charge in [-0.2, -0.15) is 0 Å². The van der Waals surface area contributed by atoms with E-state index in [1.54, 1.807) is 6.92 Å². The highest BCUT2D eigenvalue weighted by Gasteiger charge is 2.42. The number of benzene rings is 2. The molecule has 0 spiro atoms. The summed E-state index contributed by atoms with van der Waals surface area (Å²) in [4.78, 5) is 11.6. The van der Waals surface area contributed by atoms with Crippen LogP contribution in [-0.4, -0.2) is 41.0 Å². The summed E-state index contributed by atoms with van der Waals surface area (Å²) in [6, 6.07) is 19.7. The highest BCUT2D eigenvalue weighted by Crippen LogP contribution is 2.11. The number of ether oxygens (including phenoxy) is 2. The zero-order valence-electron chi connectivity index (χ0n) is 16.1. The van der Waals surface area contributed by atoms with Crippen molar-refractivity contribution in [3.8, 4) is 0 Å². The van der Waals surface area contributed by atoms with Crippen LogP contribution in [0.2, 0.25) is 0 Å². The van der Waals surface area contributed by atoms with E-state index in [0.29, 0.717) is 18.8 Å². The fraction of sp³-hybridized carbons (Fsp3) is 0.227. The molecule has 2 aromatic rings. The largest absolute Gasteiger partial charge is 0.499 e. The van der Waals surface area contributed by atoms with Gasteiger partial charge in [-0.25, -0.2) is 4.79 Å². The molecule has 2 rings (SSSR count). The number of hydrogen-bond donors (Lipinski definition) is 0. The molecule has 0 saturated carbocycles. The molecule has 0 aliphatic heterocycles. The molecule has 148 valence electrons. The maximum atomic E-state index is 11.6. The van der Waals surface area contributed by atoms with Crippen LogP contribution in [0.25, 0.3) is 0 Å². The van der Waals surface area contributed by atoms with Crippen molar-refractivity contribution in [2.75, 3.05) is 26.4 Å². The van der Waals surface area contributed by atoms with Gasteiger partial charge in [-0.05, 0) is 17.3 Å². The van der Waals surface area contributed by atoms with Crippen molar-refractivity contribution >= 4 is 24.9 Å². The first-order valence-electron chi connectivity index (χ1n) is 9.04. The summed E-state index contributed by atoms with van der Waals surface area (Å²) in [6.45, 7) is 9.77. The minimum absolute atomic E-state index is 0.118. The third-order valence-corrected chi connectivity index (χ3v) is 7.31. The molecule has 0 unspecified atom stereocenters. The average Bonchev–Trinajstić information content (AvgIpc) is 2.73. The van der Waals surface area contributed by atoms with Crippen LogP contribution in [0.15, 0.2) is 85.7 Å². The van der Waals surface area contributed by atoms with Crippen LogP contribution >= 0.6 is 0 Å². The molecule has 0 radical (unpaired) electrons. The molecule has 0 aliphatic rings. The second-order valence-corrected chi connectivity index (χ2v) is 8.96. The van der Waals surface area contributed by atoms with E-state index in [1.807, 2.05) is 60.7 Å². The number of hydrogen-bond acceptors (Lipinski definition) is 5. The van der Waals surface area contributed by atoms with Crippen molar-refractivity contribution in [2.24, 2.45) is 0 Å². The topological polar surface area (TPSA) is 54.0 Å². The second-order valence-electron chi connectivity index (χ2n) is 6.00. The quantitative estimate of drug-likeness (QED) is 0.181. The van der Waals surface area contributed by atoms with E-state index in [1.165, 1.54) is 6.26 Å². The van der Waals surface area contributed by atoms with Gasteiger partial charge in [-0.3, -0.25) is 0 Å². The third-order valence-electron chi connectivity index (χ3n) is 3.90. The summed E-state index contributed by atoms with van der Waals surface area (Å²) in [5.41, 5.74) is 0.354. The molecule has 0 fully saturated rings. The zero-order chi connectivity index (χ0) is 20.2. The van der Waals surface area contributed by atoms with Crippen LogP contribution in [0.1, 0.15) is 6.92 Å². The lowest BCUT2D eigenvalue weighted by atomic mass is 10.4. The number of esters is 1. The monoisotopic (exact) mass is 398 g/mol. The number of carbonyl (C=O) groups excluding carboxylic acids is 1. The van der Waals surface area contributed by atoms with Gasteiger partial charge < -0.3 is 18.3 Å². The number of rotatable bonds is 12. The molecular weight excluding hydrogens is 372 g/mol. The Morgan fingerprint density at radius 3 is 1.86 bits per heavy atom. The first-order chi connectivity index (χ1) is 13.6. The van der Waals surface area contributed by atoms with Gasteiger partial charge in [0.05, 0.1) is 19.5 Å². The van der Waals surface area contributed by atoms with E-state index in [0.717, 1.165) is 10.4 Å². The molecule has 0 N–H and O–H groups in total. The summed E-state index contributed by atoms with van der Waals surface area (Å²) >= 11 is 0. The Morgan fingerprint density at radius 1 is 0.893 bits per heavy atom. The Morgan fingerprint density at radius 2 is 1.39 bits per heavy atom. The lowest BCUT2D eigenvalue weighted by Crippen LogP contribution is -2.64. The fourth-order valence-corrected chi connectivity index (χ4v) is 5.70. The highest BCUT2D eigenvalue weighted by atomic mass is 28.4. The molecule has 5 nitrogen and oxygen atoms in total. The van der Waals surface area contributed by atoms with Crippen molar-refractivity contribution in [1.82, 2.24) is 0 Å². The van der Waals surface area contributed by atoms with Crippen molar-refractivity contribution < 1.29 is 23.1 Å². The van der Waals surface area contributed by atoms with Crippen molar-refractivity contribution in [3.05, 3.63) is 85.7 Å². The van der Waals surface area contributed by atoms with Gasteiger partial charge >= 0.3 is 14.5 Å². The van der Waals surface area contributed by atoms with E-state index in [9.17, 15) is 4.79 Å². The van der Waals surface area contributed by atoms with E-state index in [2.05, 4.69) is 13.2 Å². The summed E-state index contributed by atoms with van der Waals surface area (Å²) in [5, 5.41) is 1.93. The summed E-state index contributed by atoms with van der Waals surface area (Å²) in [5.74, 6) is -0.435. The molecule has 0 bridgehead atoms. The minimum atomic E-state index is -3.02. The van der Waals surface area contributed by atoms with Crippen LogP contribution in [0.4, 0.5) is 0 Å². The predicted octanol–water partition coefficient (Wildman–Crippen LogP) is 2.56. The van der Waals surface area contributed by atoms with Gasteiger partial charge in [0.1, 0.15) is 13.2 Å². The van der Waals surface area contributed by atoms with Gasteiger partial charge in [0.15, 0.2) is 0 Å². The molecule has 0 heterocycles. The molecule has 0 aliphatic carbocycles. The van der Waals surface area contributed by atoms with Gasteiger partial charge in [-0.15, -0.1) is 0 Å². The minimum Gasteiger partial charge on any atom is -0.499 e. The van der Waals surface area contributed by atoms with Crippen LogP contribution in [0.3, 0.4) is 0 Å². The molecule has 6 heteroatoms. The molecule has 0 atom stereocenters. The number of carbonyl (C=O) groups is 1. The predicted molar refractivity (Wildman–Crippen MR) is 112 cm³/mol. The fourth-order valence-electron chi connectivity index (χ4n) is 2.62. The van der Waals surface area contributed by atoms with Crippen LogP contribution < -0.4 is 10.4 Å². The van der Waals surface area contributed by atoms with E-state index in [-0.39, 0.29) is 13.2 Å². The summed E-state index contributed by atoms with van der Waals surface area (Å²) < 4.78 is 23.1. The first kappa shape index (κ1) is 21.6. The Bertz CT molecular complexity index is 722. The van der Waals surface area contributed by atoms with E-state index in [4.69, 9.17) is 18.3 Å². The Kier molecular flexibility index (Phi) is 8.68. The van der Waals surface area contributed by atoms with E-state index < -0.39 is 14.5 Å². The summed E-state index contributed by atoms with van der Waals surface area (Å²) in [6.07, 6.45) is 1.38. The lowest BCUT2D eigenvalue weighted by Gasteiger charge is -2.31. The van der Waals surface area contributed by atoms with Crippen molar-refractivity contribution in [2.45, 2.75) is 6.92 Å². The maximum absolute atomic E-state index is 11.6. The highest BCUT2D eigenvalue weighted by molar-refractivity contribution is 6.92. The van der Waals surface area contributed by atoms with Gasteiger partial charge in [0.25, 0.3) is 0 Å². The van der Waals surface area contributed by atoms with E-state index >= 15 is 0 Å². The van der Waals surface area contributed by atoms with Gasteiger partial charge in [-0.1, -0.05) is 73.8 Å². The van der Waals surface area contributed by atoms with Crippen molar-refractivity contribution in [1.29, 1.82) is 0 Å².